The Labute approximate surface area is 151 Å². The van der Waals surface area contributed by atoms with Crippen molar-refractivity contribution in [3.8, 4) is 0 Å². The van der Waals surface area contributed by atoms with Crippen molar-refractivity contribution >= 4 is 34.5 Å². The van der Waals surface area contributed by atoms with Gasteiger partial charge in [-0.2, -0.15) is 0 Å². The number of benzene rings is 1. The monoisotopic (exact) mass is 362 g/mol. The predicted molar refractivity (Wildman–Crippen MR) is 96.4 cm³/mol. The Balaban J connectivity index is 1.67. The van der Waals surface area contributed by atoms with E-state index in [1.165, 1.54) is 0 Å². The van der Waals surface area contributed by atoms with Crippen LogP contribution in [0.3, 0.4) is 0 Å². The summed E-state index contributed by atoms with van der Waals surface area (Å²) in [4.78, 5) is 40.5. The molecule has 0 spiro atoms. The lowest BCUT2D eigenvalue weighted by molar-refractivity contribution is -0.136. The van der Waals surface area contributed by atoms with Gasteiger partial charge in [0.05, 0.1) is 5.69 Å². The molecule has 2 fully saturated rings. The number of hydrogen-bond acceptors (Lipinski definition) is 5. The van der Waals surface area contributed by atoms with Crippen LogP contribution in [-0.4, -0.2) is 51.5 Å². The summed E-state index contributed by atoms with van der Waals surface area (Å²) in [5.41, 5.74) is 0.538. The van der Waals surface area contributed by atoms with Crippen LogP contribution in [0.5, 0.6) is 0 Å². The van der Waals surface area contributed by atoms with E-state index in [-0.39, 0.29) is 36.1 Å². The number of piperidine rings is 1. The van der Waals surface area contributed by atoms with Crippen LogP contribution in [0.1, 0.15) is 32.1 Å². The average molecular weight is 362 g/mol. The lowest BCUT2D eigenvalue weighted by Gasteiger charge is -2.36. The summed E-state index contributed by atoms with van der Waals surface area (Å²) < 4.78 is 0. The molecule has 3 amide bonds. The SMILES string of the molecule is O=C1S[C@H](CC(=O)N2CCCC[C@@H]2CCO)C(=O)N1c1ccccc1. The third-order valence-electron chi connectivity index (χ3n) is 4.71. The second-order valence-corrected chi connectivity index (χ2v) is 7.49. The number of anilines is 1. The number of para-hydroxylation sites is 1. The van der Waals surface area contributed by atoms with Crippen LogP contribution in [0.2, 0.25) is 0 Å². The zero-order valence-electron chi connectivity index (χ0n) is 14.0. The number of thioether (sulfide) groups is 1. The van der Waals surface area contributed by atoms with Crippen LogP contribution in [0.15, 0.2) is 30.3 Å². The van der Waals surface area contributed by atoms with Gasteiger partial charge in [0.15, 0.2) is 0 Å². The molecule has 0 radical (unpaired) electrons. The Morgan fingerprint density at radius 1 is 1.20 bits per heavy atom. The van der Waals surface area contributed by atoms with Gasteiger partial charge < -0.3 is 10.0 Å². The number of aliphatic hydroxyl groups excluding tert-OH is 1. The molecule has 0 bridgehead atoms. The van der Waals surface area contributed by atoms with Crippen molar-refractivity contribution < 1.29 is 19.5 Å². The van der Waals surface area contributed by atoms with Crippen molar-refractivity contribution in [1.29, 1.82) is 0 Å². The van der Waals surface area contributed by atoms with Crippen molar-refractivity contribution in [3.63, 3.8) is 0 Å². The number of nitrogens with zero attached hydrogens (tertiary/aromatic N) is 2. The van der Waals surface area contributed by atoms with E-state index in [2.05, 4.69) is 0 Å². The summed E-state index contributed by atoms with van der Waals surface area (Å²) in [6, 6.07) is 8.82. The van der Waals surface area contributed by atoms with Crippen molar-refractivity contribution in [3.05, 3.63) is 30.3 Å². The topological polar surface area (TPSA) is 77.9 Å². The summed E-state index contributed by atoms with van der Waals surface area (Å²) in [6.07, 6.45) is 3.46. The van der Waals surface area contributed by atoms with Crippen molar-refractivity contribution in [2.24, 2.45) is 0 Å². The smallest absolute Gasteiger partial charge is 0.293 e. The largest absolute Gasteiger partial charge is 0.396 e. The first-order chi connectivity index (χ1) is 12.1. The van der Waals surface area contributed by atoms with Crippen LogP contribution in [0.25, 0.3) is 0 Å². The summed E-state index contributed by atoms with van der Waals surface area (Å²) in [6.45, 7) is 0.706. The van der Waals surface area contributed by atoms with E-state index < -0.39 is 5.25 Å². The predicted octanol–water partition coefficient (Wildman–Crippen LogP) is 2.41. The third-order valence-corrected chi connectivity index (χ3v) is 5.74. The second kappa shape index (κ2) is 8.01. The summed E-state index contributed by atoms with van der Waals surface area (Å²) >= 11 is 0.924. The number of carbonyl (C=O) groups excluding carboxylic acids is 3. The lowest BCUT2D eigenvalue weighted by Crippen LogP contribution is -2.45. The fourth-order valence-corrected chi connectivity index (χ4v) is 4.43. The molecular formula is C18H22N2O4S. The van der Waals surface area contributed by atoms with Gasteiger partial charge in [0.25, 0.3) is 5.24 Å². The van der Waals surface area contributed by atoms with E-state index in [1.54, 1.807) is 29.2 Å². The molecule has 2 atom stereocenters. The molecule has 2 saturated heterocycles. The molecule has 134 valence electrons. The molecule has 3 rings (SSSR count). The average Bonchev–Trinajstić information content (AvgIpc) is 2.90. The maximum atomic E-state index is 12.7. The molecule has 2 aliphatic rings. The van der Waals surface area contributed by atoms with Crippen molar-refractivity contribution in [2.45, 2.75) is 43.4 Å². The molecule has 1 N–H and O–H groups in total. The Morgan fingerprint density at radius 3 is 2.68 bits per heavy atom. The van der Waals surface area contributed by atoms with Crippen LogP contribution >= 0.6 is 11.8 Å². The molecule has 0 saturated carbocycles. The number of amides is 3. The third kappa shape index (κ3) is 3.88. The maximum absolute atomic E-state index is 12.7. The minimum atomic E-state index is -0.670. The fourth-order valence-electron chi connectivity index (χ4n) is 3.45. The van der Waals surface area contributed by atoms with Crippen LogP contribution < -0.4 is 4.90 Å². The first kappa shape index (κ1) is 17.9. The highest BCUT2D eigenvalue weighted by Gasteiger charge is 2.42. The Bertz CT molecular complexity index is 650. The highest BCUT2D eigenvalue weighted by atomic mass is 32.2. The Hall–Kier alpha value is -1.86. The molecule has 1 aromatic carbocycles. The van der Waals surface area contributed by atoms with Gasteiger partial charge in [-0.1, -0.05) is 18.2 Å². The van der Waals surface area contributed by atoms with Gasteiger partial charge in [0, 0.05) is 25.6 Å². The molecule has 0 aliphatic carbocycles. The minimum Gasteiger partial charge on any atom is -0.396 e. The normalized spacial score (nSPS) is 24.0. The number of aliphatic hydroxyl groups is 1. The van der Waals surface area contributed by atoms with Gasteiger partial charge >= 0.3 is 0 Å². The molecule has 1 aromatic rings. The highest BCUT2D eigenvalue weighted by Crippen LogP contribution is 2.34. The first-order valence-corrected chi connectivity index (χ1v) is 9.49. The number of imide groups is 1. The van der Waals surface area contributed by atoms with E-state index in [0.29, 0.717) is 18.7 Å². The summed E-state index contributed by atoms with van der Waals surface area (Å²) in [5, 5.41) is 8.19. The van der Waals surface area contributed by atoms with Crippen LogP contribution in [-0.2, 0) is 9.59 Å². The van der Waals surface area contributed by atoms with E-state index in [0.717, 1.165) is 35.9 Å². The van der Waals surface area contributed by atoms with Crippen molar-refractivity contribution in [2.75, 3.05) is 18.1 Å². The van der Waals surface area contributed by atoms with E-state index in [9.17, 15) is 19.5 Å². The molecule has 0 aromatic heterocycles. The Morgan fingerprint density at radius 2 is 1.96 bits per heavy atom. The van der Waals surface area contributed by atoms with Gasteiger partial charge in [-0.25, -0.2) is 4.90 Å². The van der Waals surface area contributed by atoms with Crippen LogP contribution in [0.4, 0.5) is 10.5 Å². The summed E-state index contributed by atoms with van der Waals surface area (Å²) in [5.74, 6) is -0.433. The molecule has 6 nitrogen and oxygen atoms in total. The lowest BCUT2D eigenvalue weighted by atomic mass is 9.99. The van der Waals surface area contributed by atoms with Gasteiger partial charge in [-0.3, -0.25) is 14.4 Å². The molecule has 25 heavy (non-hydrogen) atoms. The second-order valence-electron chi connectivity index (χ2n) is 6.33. The summed E-state index contributed by atoms with van der Waals surface area (Å²) in [7, 11) is 0. The standard InChI is InChI=1S/C18H22N2O4S/c21-11-9-13-6-4-5-10-19(13)16(22)12-15-17(23)20(18(24)25-15)14-7-2-1-3-8-14/h1-3,7-8,13,15,21H,4-6,9-12H2/t13-,15-/m1/s1. The number of carbonyl (C=O) groups is 3. The van der Waals surface area contributed by atoms with Gasteiger partial charge in [-0.05, 0) is 49.6 Å². The minimum absolute atomic E-state index is 0.0283. The highest BCUT2D eigenvalue weighted by molar-refractivity contribution is 8.15. The molecule has 7 heteroatoms. The zero-order valence-corrected chi connectivity index (χ0v) is 14.8. The molecule has 2 heterocycles. The van der Waals surface area contributed by atoms with Gasteiger partial charge in [0.2, 0.25) is 11.8 Å². The van der Waals surface area contributed by atoms with E-state index in [4.69, 9.17) is 0 Å². The van der Waals surface area contributed by atoms with Crippen LogP contribution in [0, 0.1) is 0 Å². The quantitative estimate of drug-likeness (QED) is 0.870. The number of hydrogen-bond donors (Lipinski definition) is 1. The van der Waals surface area contributed by atoms with E-state index >= 15 is 0 Å². The molecule has 0 unspecified atom stereocenters. The maximum Gasteiger partial charge on any atom is 0.293 e. The molecule has 2 aliphatic heterocycles. The fraction of sp³-hybridized carbons (Fsp3) is 0.500. The van der Waals surface area contributed by atoms with Gasteiger partial charge in [0.1, 0.15) is 5.25 Å². The van der Waals surface area contributed by atoms with E-state index in [1.807, 2.05) is 6.07 Å². The zero-order chi connectivity index (χ0) is 17.8. The Kier molecular flexibility index (Phi) is 5.75. The van der Waals surface area contributed by atoms with Crippen molar-refractivity contribution in [1.82, 2.24) is 4.90 Å². The number of rotatable bonds is 5. The molecular weight excluding hydrogens is 340 g/mol. The first-order valence-electron chi connectivity index (χ1n) is 8.61. The number of likely N-dealkylation sites (tertiary alicyclic amines) is 1. The van der Waals surface area contributed by atoms with Gasteiger partial charge in [-0.15, -0.1) is 0 Å².